The standard InChI is InChI=1S/C22H34Cl4/c23-15-9-3-1-5-13-21(25)17-19-11-7-8-12-20(19)18-22(26)14-6-2-4-10-16-24/h7-8,11-12,21-22H,1-6,9-10,13-18H2. The van der Waals surface area contributed by atoms with Crippen molar-refractivity contribution in [3.8, 4) is 0 Å². The highest BCUT2D eigenvalue weighted by Crippen LogP contribution is 2.22. The van der Waals surface area contributed by atoms with E-state index >= 15 is 0 Å². The van der Waals surface area contributed by atoms with Gasteiger partial charge in [-0.2, -0.15) is 0 Å². The lowest BCUT2D eigenvalue weighted by Gasteiger charge is -2.16. The molecule has 0 radical (unpaired) electrons. The highest BCUT2D eigenvalue weighted by Gasteiger charge is 2.12. The Morgan fingerprint density at radius 3 is 1.35 bits per heavy atom. The Hall–Kier alpha value is 0.380. The van der Waals surface area contributed by atoms with Gasteiger partial charge >= 0.3 is 0 Å². The number of hydrogen-bond acceptors (Lipinski definition) is 0. The summed E-state index contributed by atoms with van der Waals surface area (Å²) in [5.41, 5.74) is 2.72. The molecule has 0 heterocycles. The molecule has 0 N–H and O–H groups in total. The minimum Gasteiger partial charge on any atom is -0.127 e. The SMILES string of the molecule is ClCCCCCCC(Cl)Cc1ccccc1CC(Cl)CCCCCCCl. The van der Waals surface area contributed by atoms with Crippen molar-refractivity contribution in [3.05, 3.63) is 35.4 Å². The van der Waals surface area contributed by atoms with Gasteiger partial charge in [-0.1, -0.05) is 62.8 Å². The van der Waals surface area contributed by atoms with Gasteiger partial charge in [0.1, 0.15) is 0 Å². The zero-order valence-electron chi connectivity index (χ0n) is 15.9. The molecule has 0 nitrogen and oxygen atoms in total. The van der Waals surface area contributed by atoms with Crippen molar-refractivity contribution in [2.45, 2.75) is 87.8 Å². The number of alkyl halides is 4. The Bertz CT molecular complexity index is 409. The quantitative estimate of drug-likeness (QED) is 0.179. The normalized spacial score (nSPS) is 13.7. The molecular weight excluding hydrogens is 406 g/mol. The molecule has 2 unspecified atom stereocenters. The third-order valence-corrected chi connectivity index (χ3v) is 6.08. The van der Waals surface area contributed by atoms with E-state index in [1.165, 1.54) is 49.7 Å². The first-order valence-corrected chi connectivity index (χ1v) is 12.1. The van der Waals surface area contributed by atoms with Gasteiger partial charge in [0, 0.05) is 22.5 Å². The van der Waals surface area contributed by atoms with E-state index in [0.717, 1.165) is 50.3 Å². The zero-order valence-corrected chi connectivity index (χ0v) is 18.9. The Labute approximate surface area is 180 Å². The Morgan fingerprint density at radius 1 is 0.577 bits per heavy atom. The molecular formula is C22H34Cl4. The number of halogens is 4. The van der Waals surface area contributed by atoms with Gasteiger partial charge in [0.25, 0.3) is 0 Å². The zero-order chi connectivity index (χ0) is 19.0. The number of benzene rings is 1. The monoisotopic (exact) mass is 438 g/mol. The van der Waals surface area contributed by atoms with E-state index < -0.39 is 0 Å². The van der Waals surface area contributed by atoms with Crippen LogP contribution >= 0.6 is 46.4 Å². The highest BCUT2D eigenvalue weighted by molar-refractivity contribution is 6.21. The molecule has 1 aromatic rings. The van der Waals surface area contributed by atoms with Crippen molar-refractivity contribution in [2.75, 3.05) is 11.8 Å². The molecule has 2 atom stereocenters. The molecule has 150 valence electrons. The van der Waals surface area contributed by atoms with E-state index in [-0.39, 0.29) is 10.8 Å². The molecule has 1 aromatic carbocycles. The van der Waals surface area contributed by atoms with Crippen LogP contribution in [0.3, 0.4) is 0 Å². The summed E-state index contributed by atoms with van der Waals surface area (Å²) in [5, 5.41) is 0.410. The molecule has 0 fully saturated rings. The molecule has 0 spiro atoms. The van der Waals surface area contributed by atoms with Crippen molar-refractivity contribution in [1.29, 1.82) is 0 Å². The topological polar surface area (TPSA) is 0 Å². The summed E-state index contributed by atoms with van der Waals surface area (Å²) in [4.78, 5) is 0. The van der Waals surface area contributed by atoms with E-state index in [9.17, 15) is 0 Å². The molecule has 0 saturated carbocycles. The molecule has 0 amide bonds. The Morgan fingerprint density at radius 2 is 0.962 bits per heavy atom. The fourth-order valence-electron chi connectivity index (χ4n) is 3.26. The minimum absolute atomic E-state index is 0.205. The number of rotatable bonds is 16. The maximum Gasteiger partial charge on any atom is 0.0376 e. The van der Waals surface area contributed by atoms with Crippen LogP contribution in [0.1, 0.15) is 75.3 Å². The summed E-state index contributed by atoms with van der Waals surface area (Å²) in [6.07, 6.45) is 13.5. The summed E-state index contributed by atoms with van der Waals surface area (Å²) in [7, 11) is 0. The maximum absolute atomic E-state index is 6.60. The molecule has 0 aliphatic rings. The van der Waals surface area contributed by atoms with Crippen molar-refractivity contribution in [1.82, 2.24) is 0 Å². The summed E-state index contributed by atoms with van der Waals surface area (Å²) in [6, 6.07) is 8.64. The van der Waals surface area contributed by atoms with Gasteiger partial charge in [-0.25, -0.2) is 0 Å². The molecule has 0 saturated heterocycles. The molecule has 1 rings (SSSR count). The van der Waals surface area contributed by atoms with Crippen molar-refractivity contribution >= 4 is 46.4 Å². The van der Waals surface area contributed by atoms with Gasteiger partial charge in [0.2, 0.25) is 0 Å². The van der Waals surface area contributed by atoms with E-state index in [0.29, 0.717) is 0 Å². The lowest BCUT2D eigenvalue weighted by atomic mass is 9.96. The van der Waals surface area contributed by atoms with Crippen LogP contribution < -0.4 is 0 Å². The second kappa shape index (κ2) is 16.3. The average Bonchev–Trinajstić information content (AvgIpc) is 2.63. The van der Waals surface area contributed by atoms with Crippen LogP contribution in [0, 0.1) is 0 Å². The molecule has 0 bridgehead atoms. The Balaban J connectivity index is 2.36. The fraction of sp³-hybridized carbons (Fsp3) is 0.727. The second-order valence-corrected chi connectivity index (χ2v) is 9.15. The summed E-state index contributed by atoms with van der Waals surface area (Å²) in [5.74, 6) is 1.54. The van der Waals surface area contributed by atoms with E-state index in [4.69, 9.17) is 46.4 Å². The van der Waals surface area contributed by atoms with Crippen LogP contribution in [-0.4, -0.2) is 22.5 Å². The summed E-state index contributed by atoms with van der Waals surface area (Å²) in [6.45, 7) is 0. The first kappa shape index (κ1) is 24.4. The molecule has 0 aromatic heterocycles. The van der Waals surface area contributed by atoms with Gasteiger partial charge < -0.3 is 0 Å². The van der Waals surface area contributed by atoms with Crippen molar-refractivity contribution in [3.63, 3.8) is 0 Å². The lowest BCUT2D eigenvalue weighted by molar-refractivity contribution is 0.605. The largest absolute Gasteiger partial charge is 0.127 e. The Kier molecular flexibility index (Phi) is 15.4. The molecule has 0 aliphatic heterocycles. The van der Waals surface area contributed by atoms with Crippen molar-refractivity contribution < 1.29 is 0 Å². The molecule has 0 aliphatic carbocycles. The summed E-state index contributed by atoms with van der Waals surface area (Å²) >= 11 is 24.6. The van der Waals surface area contributed by atoms with Crippen LogP contribution in [-0.2, 0) is 12.8 Å². The first-order valence-electron chi connectivity index (χ1n) is 10.1. The van der Waals surface area contributed by atoms with Crippen LogP contribution in [0.25, 0.3) is 0 Å². The minimum atomic E-state index is 0.205. The van der Waals surface area contributed by atoms with Gasteiger partial charge in [0.05, 0.1) is 0 Å². The van der Waals surface area contributed by atoms with Gasteiger partial charge in [-0.15, -0.1) is 46.4 Å². The fourth-order valence-corrected chi connectivity index (χ4v) is 4.28. The number of hydrogen-bond donors (Lipinski definition) is 0. The predicted octanol–water partition coefficient (Wildman–Crippen LogP) is 8.37. The number of unbranched alkanes of at least 4 members (excludes halogenated alkanes) is 6. The molecule has 4 heteroatoms. The average molecular weight is 440 g/mol. The van der Waals surface area contributed by atoms with Gasteiger partial charge in [-0.3, -0.25) is 0 Å². The van der Waals surface area contributed by atoms with E-state index in [1.54, 1.807) is 0 Å². The van der Waals surface area contributed by atoms with E-state index in [2.05, 4.69) is 24.3 Å². The lowest BCUT2D eigenvalue weighted by Crippen LogP contribution is -2.10. The smallest absolute Gasteiger partial charge is 0.0376 e. The second-order valence-electron chi connectivity index (χ2n) is 7.16. The summed E-state index contributed by atoms with van der Waals surface area (Å²) < 4.78 is 0. The third kappa shape index (κ3) is 12.0. The van der Waals surface area contributed by atoms with Crippen LogP contribution in [0.2, 0.25) is 0 Å². The predicted molar refractivity (Wildman–Crippen MR) is 121 cm³/mol. The van der Waals surface area contributed by atoms with Crippen LogP contribution in [0.4, 0.5) is 0 Å². The third-order valence-electron chi connectivity index (χ3n) is 4.80. The highest BCUT2D eigenvalue weighted by atomic mass is 35.5. The van der Waals surface area contributed by atoms with Crippen LogP contribution in [0.5, 0.6) is 0 Å². The first-order chi connectivity index (χ1) is 12.7. The molecule has 26 heavy (non-hydrogen) atoms. The maximum atomic E-state index is 6.60. The van der Waals surface area contributed by atoms with Gasteiger partial charge in [0.15, 0.2) is 0 Å². The van der Waals surface area contributed by atoms with Crippen LogP contribution in [0.15, 0.2) is 24.3 Å². The van der Waals surface area contributed by atoms with Gasteiger partial charge in [-0.05, 0) is 49.7 Å². The van der Waals surface area contributed by atoms with E-state index in [1.807, 2.05) is 0 Å². The van der Waals surface area contributed by atoms with Crippen molar-refractivity contribution in [2.24, 2.45) is 0 Å².